The number of nitrogens with one attached hydrogen (secondary N) is 1. The highest BCUT2D eigenvalue weighted by atomic mass is 16.3. The number of amides is 1. The molecule has 0 saturated carbocycles. The van der Waals surface area contributed by atoms with Gasteiger partial charge in [0.05, 0.1) is 31.3 Å². The Morgan fingerprint density at radius 2 is 0.827 bits per heavy atom. The zero-order chi connectivity index (χ0) is 38.0. The maximum atomic E-state index is 12.4. The number of unbranched alkanes of at least 4 members (excludes halogenated alkanes) is 25. The fraction of sp³-hybridized carbons (Fsp3) is 0.809. The zero-order valence-corrected chi connectivity index (χ0v) is 34.4. The molecule has 0 spiro atoms. The second kappa shape index (κ2) is 42.1. The van der Waals surface area contributed by atoms with Gasteiger partial charge in [-0.3, -0.25) is 4.79 Å². The molecule has 0 saturated heterocycles. The molecule has 4 N–H and O–H groups in total. The molecule has 0 radical (unpaired) electrons. The van der Waals surface area contributed by atoms with E-state index in [0.717, 1.165) is 38.5 Å². The van der Waals surface area contributed by atoms with Crippen molar-refractivity contribution >= 4 is 5.91 Å². The van der Waals surface area contributed by atoms with Crippen LogP contribution in [0, 0.1) is 0 Å². The van der Waals surface area contributed by atoms with Crippen LogP contribution in [0.5, 0.6) is 0 Å². The maximum absolute atomic E-state index is 12.4. The molecule has 52 heavy (non-hydrogen) atoms. The van der Waals surface area contributed by atoms with Crippen LogP contribution >= 0.6 is 0 Å². The quantitative estimate of drug-likeness (QED) is 0.0373. The van der Waals surface area contributed by atoms with Crippen LogP contribution in [-0.4, -0.2) is 46.1 Å². The Labute approximate surface area is 323 Å². The summed E-state index contributed by atoms with van der Waals surface area (Å²) in [6.45, 7) is 4.17. The van der Waals surface area contributed by atoms with Gasteiger partial charge in [0.2, 0.25) is 5.91 Å². The van der Waals surface area contributed by atoms with Gasteiger partial charge in [-0.2, -0.15) is 0 Å². The smallest absolute Gasteiger partial charge is 0.222 e. The van der Waals surface area contributed by atoms with E-state index in [1.807, 2.05) is 6.08 Å². The monoisotopic (exact) mass is 730 g/mol. The van der Waals surface area contributed by atoms with Crippen molar-refractivity contribution in [1.29, 1.82) is 0 Å². The van der Waals surface area contributed by atoms with Gasteiger partial charge in [-0.05, 0) is 70.6 Å². The van der Waals surface area contributed by atoms with Gasteiger partial charge in [0.1, 0.15) is 0 Å². The highest BCUT2D eigenvalue weighted by molar-refractivity contribution is 5.76. The van der Waals surface area contributed by atoms with Gasteiger partial charge in [0, 0.05) is 0 Å². The molecule has 0 bridgehead atoms. The van der Waals surface area contributed by atoms with E-state index >= 15 is 0 Å². The minimum absolute atomic E-state index is 0.00139. The first-order chi connectivity index (χ1) is 25.5. The Bertz CT molecular complexity index is 850. The highest BCUT2D eigenvalue weighted by Crippen LogP contribution is 2.15. The molecular weight excluding hydrogens is 643 g/mol. The molecule has 0 aromatic rings. The first kappa shape index (κ1) is 50.3. The van der Waals surface area contributed by atoms with E-state index in [0.29, 0.717) is 6.42 Å². The van der Waals surface area contributed by atoms with Gasteiger partial charge >= 0.3 is 0 Å². The fourth-order valence-corrected chi connectivity index (χ4v) is 6.60. The van der Waals surface area contributed by atoms with Gasteiger partial charge in [0.25, 0.3) is 0 Å². The number of hydrogen-bond donors (Lipinski definition) is 4. The van der Waals surface area contributed by atoms with Gasteiger partial charge in [0.15, 0.2) is 0 Å². The first-order valence-electron chi connectivity index (χ1n) is 22.4. The van der Waals surface area contributed by atoms with Crippen LogP contribution in [0.25, 0.3) is 0 Å². The highest BCUT2D eigenvalue weighted by Gasteiger charge is 2.20. The summed E-state index contributed by atoms with van der Waals surface area (Å²) in [5.74, 6) is -0.333. The molecule has 0 aliphatic rings. The number of carbonyl (C=O) groups is 1. The van der Waals surface area contributed by atoms with Gasteiger partial charge in [-0.15, -0.1) is 0 Å². The lowest BCUT2D eigenvalue weighted by Gasteiger charge is -2.21. The Morgan fingerprint density at radius 3 is 1.25 bits per heavy atom. The van der Waals surface area contributed by atoms with Crippen molar-refractivity contribution in [2.75, 3.05) is 6.61 Å². The molecule has 0 aromatic heterocycles. The molecule has 1 amide bonds. The summed E-state index contributed by atoms with van der Waals surface area (Å²) in [6.07, 6.45) is 54.0. The van der Waals surface area contributed by atoms with Crippen molar-refractivity contribution < 1.29 is 20.1 Å². The van der Waals surface area contributed by atoms with Gasteiger partial charge in [-0.1, -0.05) is 191 Å². The second-order valence-electron chi connectivity index (χ2n) is 15.3. The molecule has 3 unspecified atom stereocenters. The van der Waals surface area contributed by atoms with Crippen LogP contribution < -0.4 is 5.32 Å². The molecule has 304 valence electrons. The SMILES string of the molecule is CCCCCC/C=C/CC/C=C/CC/C=C/C(O)C(CO)NC(=O)CC(O)CCCCCCCCC/C=C\CCCCCCCCCCCCCC. The zero-order valence-electron chi connectivity index (χ0n) is 34.4. The number of rotatable bonds is 40. The summed E-state index contributed by atoms with van der Waals surface area (Å²) in [6, 6.07) is -0.769. The number of hydrogen-bond acceptors (Lipinski definition) is 4. The van der Waals surface area contributed by atoms with E-state index in [4.69, 9.17) is 0 Å². The van der Waals surface area contributed by atoms with Crippen molar-refractivity contribution in [1.82, 2.24) is 5.32 Å². The van der Waals surface area contributed by atoms with Crippen LogP contribution in [-0.2, 0) is 4.79 Å². The van der Waals surface area contributed by atoms with Crippen molar-refractivity contribution in [2.45, 2.75) is 238 Å². The third-order valence-corrected chi connectivity index (χ3v) is 10.1. The molecule has 0 aliphatic heterocycles. The molecule has 0 heterocycles. The van der Waals surface area contributed by atoms with Crippen molar-refractivity contribution in [3.8, 4) is 0 Å². The molecule has 0 fully saturated rings. The second-order valence-corrected chi connectivity index (χ2v) is 15.3. The Morgan fingerprint density at radius 1 is 0.481 bits per heavy atom. The van der Waals surface area contributed by atoms with E-state index in [9.17, 15) is 20.1 Å². The van der Waals surface area contributed by atoms with E-state index in [1.165, 1.54) is 154 Å². The third kappa shape index (κ3) is 38.0. The minimum Gasteiger partial charge on any atom is -0.394 e. The molecule has 5 heteroatoms. The van der Waals surface area contributed by atoms with E-state index in [1.54, 1.807) is 6.08 Å². The lowest BCUT2D eigenvalue weighted by Crippen LogP contribution is -2.45. The Kier molecular flexibility index (Phi) is 40.7. The summed E-state index contributed by atoms with van der Waals surface area (Å²) >= 11 is 0. The number of aliphatic hydroxyl groups is 3. The van der Waals surface area contributed by atoms with Crippen molar-refractivity contribution in [3.63, 3.8) is 0 Å². The van der Waals surface area contributed by atoms with Crippen LogP contribution in [0.2, 0.25) is 0 Å². The largest absolute Gasteiger partial charge is 0.394 e. The third-order valence-electron chi connectivity index (χ3n) is 10.1. The summed E-state index contributed by atoms with van der Waals surface area (Å²) in [5, 5.41) is 33.2. The minimum atomic E-state index is -0.961. The average Bonchev–Trinajstić information content (AvgIpc) is 3.14. The standard InChI is InChI=1S/C47H87NO4/c1-3-5-7-9-11-13-15-17-19-20-21-22-23-24-25-26-27-28-30-32-34-36-38-40-44(50)42-47(52)48-45(43-49)46(51)41-39-37-35-33-31-29-18-16-14-12-10-8-6-4-2/h14,16,24-25,31,33,39,41,44-46,49-51H,3-13,15,17-23,26-30,32,34-38,40,42-43H2,1-2H3,(H,48,52)/b16-14+,25-24-,33-31+,41-39+. The van der Waals surface area contributed by atoms with Crippen molar-refractivity contribution in [3.05, 3.63) is 48.6 Å². The summed E-state index contributed by atoms with van der Waals surface area (Å²) in [4.78, 5) is 12.4. The average molecular weight is 730 g/mol. The molecule has 0 rings (SSSR count). The summed E-state index contributed by atoms with van der Waals surface area (Å²) in [7, 11) is 0. The summed E-state index contributed by atoms with van der Waals surface area (Å²) in [5.41, 5.74) is 0. The maximum Gasteiger partial charge on any atom is 0.222 e. The molecule has 0 aliphatic carbocycles. The van der Waals surface area contributed by atoms with Gasteiger partial charge in [-0.25, -0.2) is 0 Å². The number of aliphatic hydroxyl groups excluding tert-OH is 3. The number of carbonyl (C=O) groups excluding carboxylic acids is 1. The normalized spacial score (nSPS) is 14.0. The molecule has 0 aromatic carbocycles. The molecule has 5 nitrogen and oxygen atoms in total. The molecule has 3 atom stereocenters. The van der Waals surface area contributed by atoms with Crippen LogP contribution in [0.15, 0.2) is 48.6 Å². The Hall–Kier alpha value is -1.69. The fourth-order valence-electron chi connectivity index (χ4n) is 6.60. The number of allylic oxidation sites excluding steroid dienone is 7. The van der Waals surface area contributed by atoms with Crippen LogP contribution in [0.1, 0.15) is 219 Å². The molecular formula is C47H87NO4. The lowest BCUT2D eigenvalue weighted by molar-refractivity contribution is -0.124. The van der Waals surface area contributed by atoms with E-state index in [2.05, 4.69) is 55.6 Å². The van der Waals surface area contributed by atoms with Crippen LogP contribution in [0.4, 0.5) is 0 Å². The lowest BCUT2D eigenvalue weighted by atomic mass is 10.0. The topological polar surface area (TPSA) is 89.8 Å². The Balaban J connectivity index is 3.68. The van der Waals surface area contributed by atoms with Crippen molar-refractivity contribution in [2.24, 2.45) is 0 Å². The predicted octanol–water partition coefficient (Wildman–Crippen LogP) is 12.9. The predicted molar refractivity (Wildman–Crippen MR) is 227 cm³/mol. The van der Waals surface area contributed by atoms with Gasteiger partial charge < -0.3 is 20.6 Å². The van der Waals surface area contributed by atoms with E-state index < -0.39 is 18.2 Å². The first-order valence-corrected chi connectivity index (χ1v) is 22.4. The van der Waals surface area contributed by atoms with Crippen LogP contribution in [0.3, 0.4) is 0 Å². The summed E-state index contributed by atoms with van der Waals surface area (Å²) < 4.78 is 0. The van der Waals surface area contributed by atoms with E-state index in [-0.39, 0.29) is 18.9 Å².